The van der Waals surface area contributed by atoms with E-state index < -0.39 is 22.9 Å². The first kappa shape index (κ1) is 14.2. The fraction of sp³-hybridized carbons (Fsp3) is 0.0769. The van der Waals surface area contributed by atoms with Gasteiger partial charge in [0.15, 0.2) is 0 Å². The van der Waals surface area contributed by atoms with E-state index in [1.807, 2.05) is 4.98 Å². The number of aromatic amines is 1. The number of rotatable bonds is 2. The number of aromatic nitrogens is 2. The molecule has 0 amide bonds. The number of nitrogens with zero attached hydrogens (tertiary/aromatic N) is 1. The van der Waals surface area contributed by atoms with E-state index in [-0.39, 0.29) is 17.7 Å². The van der Waals surface area contributed by atoms with Crippen LogP contribution >= 0.6 is 15.9 Å². The van der Waals surface area contributed by atoms with Gasteiger partial charge < -0.3 is 0 Å². The highest BCUT2D eigenvalue weighted by Crippen LogP contribution is 2.12. The molecule has 0 saturated heterocycles. The number of nitrogens with one attached hydrogen (secondary N) is 1. The smallest absolute Gasteiger partial charge is 0.295 e. The van der Waals surface area contributed by atoms with Crippen LogP contribution in [0, 0.1) is 22.4 Å². The molecule has 2 aromatic rings. The summed E-state index contributed by atoms with van der Waals surface area (Å²) in [6, 6.07) is 3.41. The number of hydrogen-bond acceptors (Lipinski definition) is 2. The molecular weight excluding hydrogens is 334 g/mol. The lowest BCUT2D eigenvalue weighted by Gasteiger charge is -2.07. The predicted molar refractivity (Wildman–Crippen MR) is 72.6 cm³/mol. The first-order valence-electron chi connectivity index (χ1n) is 5.41. The SMILES string of the molecule is O=c1[nH]c(=O)n(Cc2c(F)cccc2F)cc1C#CBr. The third kappa shape index (κ3) is 2.86. The van der Waals surface area contributed by atoms with E-state index in [9.17, 15) is 18.4 Å². The number of H-pyrrole nitrogens is 1. The summed E-state index contributed by atoms with van der Waals surface area (Å²) in [5.74, 6) is 0.899. The van der Waals surface area contributed by atoms with Crippen LogP contribution in [-0.4, -0.2) is 9.55 Å². The van der Waals surface area contributed by atoms with Gasteiger partial charge in [0.25, 0.3) is 5.56 Å². The van der Waals surface area contributed by atoms with Gasteiger partial charge in [0, 0.05) is 27.7 Å². The van der Waals surface area contributed by atoms with Gasteiger partial charge in [-0.25, -0.2) is 13.6 Å². The standard InChI is InChI=1S/C13H7BrF2N2O2/c14-5-4-8-6-18(13(20)17-12(8)19)7-9-10(15)2-1-3-11(9)16/h1-3,6H,7H2,(H,17,19,20). The lowest BCUT2D eigenvalue weighted by Crippen LogP contribution is -2.31. The molecule has 0 fully saturated rings. The third-order valence-electron chi connectivity index (χ3n) is 2.58. The predicted octanol–water partition coefficient (Wildman–Crippen LogP) is 1.57. The van der Waals surface area contributed by atoms with Crippen LogP contribution in [0.2, 0.25) is 0 Å². The van der Waals surface area contributed by atoms with Crippen molar-refractivity contribution in [1.29, 1.82) is 0 Å². The van der Waals surface area contributed by atoms with Crippen LogP contribution in [0.1, 0.15) is 11.1 Å². The zero-order chi connectivity index (χ0) is 14.7. The Hall–Kier alpha value is -2.20. The molecule has 0 atom stereocenters. The Kier molecular flexibility index (Phi) is 4.15. The Morgan fingerprint density at radius 3 is 2.50 bits per heavy atom. The second-order valence-corrected chi connectivity index (χ2v) is 4.25. The van der Waals surface area contributed by atoms with Crippen LogP contribution < -0.4 is 11.2 Å². The lowest BCUT2D eigenvalue weighted by molar-refractivity contribution is 0.539. The van der Waals surface area contributed by atoms with E-state index in [0.29, 0.717) is 0 Å². The molecule has 102 valence electrons. The minimum atomic E-state index is -0.767. The topological polar surface area (TPSA) is 54.9 Å². The van der Waals surface area contributed by atoms with E-state index in [4.69, 9.17) is 0 Å². The average molecular weight is 341 g/mol. The molecule has 0 aliphatic rings. The molecule has 0 spiro atoms. The second-order valence-electron chi connectivity index (χ2n) is 3.85. The van der Waals surface area contributed by atoms with E-state index in [1.165, 1.54) is 6.07 Å². The van der Waals surface area contributed by atoms with Crippen molar-refractivity contribution in [3.63, 3.8) is 0 Å². The monoisotopic (exact) mass is 340 g/mol. The van der Waals surface area contributed by atoms with Gasteiger partial charge in [0.2, 0.25) is 0 Å². The van der Waals surface area contributed by atoms with E-state index >= 15 is 0 Å². The molecule has 0 saturated carbocycles. The summed E-state index contributed by atoms with van der Waals surface area (Å²) in [5.41, 5.74) is -1.68. The first-order chi connectivity index (χ1) is 9.52. The molecule has 0 bridgehead atoms. The van der Waals surface area contributed by atoms with Gasteiger partial charge in [-0.15, -0.1) is 0 Å². The summed E-state index contributed by atoms with van der Waals surface area (Å²) < 4.78 is 28.0. The second kappa shape index (κ2) is 5.84. The molecule has 20 heavy (non-hydrogen) atoms. The maximum atomic E-state index is 13.5. The van der Waals surface area contributed by atoms with E-state index in [1.54, 1.807) is 0 Å². The van der Waals surface area contributed by atoms with Crippen LogP contribution in [0.5, 0.6) is 0 Å². The van der Waals surface area contributed by atoms with Crippen LogP contribution in [0.25, 0.3) is 0 Å². The van der Waals surface area contributed by atoms with Gasteiger partial charge in [0.1, 0.15) is 17.2 Å². The summed E-state index contributed by atoms with van der Waals surface area (Å²) in [6.45, 7) is -0.342. The van der Waals surface area contributed by atoms with Crippen molar-refractivity contribution in [2.45, 2.75) is 6.54 Å². The molecule has 0 aliphatic carbocycles. The summed E-state index contributed by atoms with van der Waals surface area (Å²) in [4.78, 5) is 27.4. The lowest BCUT2D eigenvalue weighted by atomic mass is 10.2. The molecule has 2 rings (SSSR count). The van der Waals surface area contributed by atoms with Gasteiger partial charge >= 0.3 is 5.69 Å². The van der Waals surface area contributed by atoms with Crippen molar-refractivity contribution in [2.24, 2.45) is 0 Å². The Bertz CT molecular complexity index is 810. The Labute approximate surface area is 120 Å². The normalized spacial score (nSPS) is 9.95. The van der Waals surface area contributed by atoms with Crippen molar-refractivity contribution in [3.8, 4) is 10.8 Å². The molecule has 0 unspecified atom stereocenters. The van der Waals surface area contributed by atoms with Crippen LogP contribution in [-0.2, 0) is 6.54 Å². The zero-order valence-corrected chi connectivity index (χ0v) is 11.5. The molecule has 1 aromatic heterocycles. The number of benzene rings is 1. The van der Waals surface area contributed by atoms with Crippen molar-refractivity contribution < 1.29 is 8.78 Å². The van der Waals surface area contributed by atoms with Gasteiger partial charge in [-0.3, -0.25) is 14.3 Å². The molecule has 1 N–H and O–H groups in total. The first-order valence-corrected chi connectivity index (χ1v) is 6.20. The van der Waals surface area contributed by atoms with Gasteiger partial charge in [-0.1, -0.05) is 6.07 Å². The number of hydrogen-bond donors (Lipinski definition) is 1. The number of halogens is 3. The Balaban J connectivity index is 2.53. The van der Waals surface area contributed by atoms with E-state index in [0.717, 1.165) is 22.9 Å². The fourth-order valence-corrected chi connectivity index (χ4v) is 1.83. The Morgan fingerprint density at radius 2 is 1.90 bits per heavy atom. The Morgan fingerprint density at radius 1 is 1.25 bits per heavy atom. The van der Waals surface area contributed by atoms with Gasteiger partial charge in [-0.05, 0) is 22.9 Å². The van der Waals surface area contributed by atoms with Crippen molar-refractivity contribution in [2.75, 3.05) is 0 Å². The summed E-state index contributed by atoms with van der Waals surface area (Å²) >= 11 is 2.83. The summed E-state index contributed by atoms with van der Waals surface area (Å²) in [6.07, 6.45) is 1.15. The third-order valence-corrected chi connectivity index (χ3v) is 2.78. The highest BCUT2D eigenvalue weighted by Gasteiger charge is 2.11. The zero-order valence-electron chi connectivity index (χ0n) is 9.91. The van der Waals surface area contributed by atoms with E-state index in [2.05, 4.69) is 26.7 Å². The maximum Gasteiger partial charge on any atom is 0.328 e. The van der Waals surface area contributed by atoms with Crippen LogP contribution in [0.4, 0.5) is 8.78 Å². The van der Waals surface area contributed by atoms with Crippen LogP contribution in [0.15, 0.2) is 34.0 Å². The molecule has 7 heteroatoms. The quantitative estimate of drug-likeness (QED) is 0.843. The molecule has 0 radical (unpaired) electrons. The highest BCUT2D eigenvalue weighted by molar-refractivity contribution is 9.12. The van der Waals surface area contributed by atoms with Crippen molar-refractivity contribution in [1.82, 2.24) is 9.55 Å². The minimum absolute atomic E-state index is 0.0122. The van der Waals surface area contributed by atoms with Crippen LogP contribution in [0.3, 0.4) is 0 Å². The summed E-state index contributed by atoms with van der Waals surface area (Å²) in [5, 5.41) is 0. The average Bonchev–Trinajstić information content (AvgIpc) is 2.39. The van der Waals surface area contributed by atoms with Gasteiger partial charge in [-0.2, -0.15) is 0 Å². The molecule has 1 aromatic carbocycles. The molecule has 0 aliphatic heterocycles. The fourth-order valence-electron chi connectivity index (χ4n) is 1.62. The minimum Gasteiger partial charge on any atom is -0.295 e. The molecule has 4 nitrogen and oxygen atoms in total. The molecule has 1 heterocycles. The summed E-state index contributed by atoms with van der Waals surface area (Å²) in [7, 11) is 0. The molecular formula is C13H7BrF2N2O2. The van der Waals surface area contributed by atoms with Crippen molar-refractivity contribution in [3.05, 3.63) is 68.0 Å². The maximum absolute atomic E-state index is 13.5. The van der Waals surface area contributed by atoms with Crippen molar-refractivity contribution >= 4 is 15.9 Å². The highest BCUT2D eigenvalue weighted by atomic mass is 79.9. The van der Waals surface area contributed by atoms with Gasteiger partial charge in [0.05, 0.1) is 6.54 Å². The largest absolute Gasteiger partial charge is 0.328 e.